The number of amides is 2. The second kappa shape index (κ2) is 11.9. The smallest absolute Gasteiger partial charge is 0.261 e. The first-order chi connectivity index (χ1) is 14.2. The van der Waals surface area contributed by atoms with E-state index in [1.807, 2.05) is 18.2 Å². The predicted octanol–water partition coefficient (Wildman–Crippen LogP) is 4.62. The number of ether oxygens (including phenoxy) is 1. The summed E-state index contributed by atoms with van der Waals surface area (Å²) in [5.74, 6) is 0.463. The number of nitrogens with zero attached hydrogens (tertiary/aromatic N) is 2. The number of carbonyl (C=O) groups is 2. The van der Waals surface area contributed by atoms with Crippen LogP contribution in [0.25, 0.3) is 0 Å². The maximum absolute atomic E-state index is 12.5. The number of halogens is 2. The molecular formula is C23H28Cl2N2O3. The van der Waals surface area contributed by atoms with Gasteiger partial charge in [-0.05, 0) is 56.1 Å². The molecule has 1 aliphatic heterocycles. The van der Waals surface area contributed by atoms with E-state index in [2.05, 4.69) is 17.9 Å². The normalized spacial score (nSPS) is 12.8. The SMILES string of the molecule is CCCN(CCCN1C(=O)c2ccccc2C1=O)CCc1ccccc1OCCl.Cl. The van der Waals surface area contributed by atoms with Crippen molar-refractivity contribution in [3.63, 3.8) is 0 Å². The Kier molecular flexibility index (Phi) is 9.63. The Balaban J connectivity index is 0.00000320. The molecule has 0 aromatic heterocycles. The van der Waals surface area contributed by atoms with Crippen molar-refractivity contribution >= 4 is 35.8 Å². The Bertz CT molecular complexity index is 825. The quantitative estimate of drug-likeness (QED) is 0.370. The Labute approximate surface area is 189 Å². The van der Waals surface area contributed by atoms with Gasteiger partial charge in [-0.1, -0.05) is 48.9 Å². The largest absolute Gasteiger partial charge is 0.478 e. The van der Waals surface area contributed by atoms with Gasteiger partial charge in [-0.3, -0.25) is 14.5 Å². The van der Waals surface area contributed by atoms with Crippen molar-refractivity contribution in [3.05, 3.63) is 65.2 Å². The van der Waals surface area contributed by atoms with Crippen molar-refractivity contribution < 1.29 is 14.3 Å². The van der Waals surface area contributed by atoms with E-state index in [4.69, 9.17) is 16.3 Å². The minimum absolute atomic E-state index is 0. The molecule has 0 N–H and O–H groups in total. The number of hydrogen-bond donors (Lipinski definition) is 0. The van der Waals surface area contributed by atoms with E-state index in [0.717, 1.165) is 50.2 Å². The summed E-state index contributed by atoms with van der Waals surface area (Å²) in [4.78, 5) is 28.7. The molecule has 30 heavy (non-hydrogen) atoms. The number of rotatable bonds is 11. The van der Waals surface area contributed by atoms with Gasteiger partial charge in [-0.25, -0.2) is 0 Å². The molecule has 7 heteroatoms. The molecule has 2 aromatic carbocycles. The average Bonchev–Trinajstić information content (AvgIpc) is 2.98. The third-order valence-electron chi connectivity index (χ3n) is 5.15. The number of imide groups is 1. The van der Waals surface area contributed by atoms with Crippen LogP contribution in [0.1, 0.15) is 46.0 Å². The molecule has 1 aliphatic rings. The van der Waals surface area contributed by atoms with Gasteiger partial charge in [0.25, 0.3) is 11.8 Å². The van der Waals surface area contributed by atoms with Crippen molar-refractivity contribution in [2.24, 2.45) is 0 Å². The van der Waals surface area contributed by atoms with Crippen LogP contribution in [-0.2, 0) is 6.42 Å². The number of alkyl halides is 1. The number of fused-ring (bicyclic) bond motifs is 1. The van der Waals surface area contributed by atoms with Gasteiger partial charge >= 0.3 is 0 Å². The standard InChI is InChI=1S/C23H27ClN2O3.ClH/c1-2-13-25(16-12-18-8-3-6-11-21(18)29-17-24)14-7-15-26-22(27)19-9-4-5-10-20(19)23(26)28;/h3-6,8-11H,2,7,12-17H2,1H3;1H. The zero-order valence-corrected chi connectivity index (χ0v) is 18.8. The summed E-state index contributed by atoms with van der Waals surface area (Å²) in [6.07, 6.45) is 2.66. The molecule has 1 heterocycles. The van der Waals surface area contributed by atoms with Crippen LogP contribution in [0.2, 0.25) is 0 Å². The lowest BCUT2D eigenvalue weighted by Gasteiger charge is -2.23. The van der Waals surface area contributed by atoms with Crippen LogP contribution in [0.5, 0.6) is 5.75 Å². The van der Waals surface area contributed by atoms with Crippen LogP contribution in [0.4, 0.5) is 0 Å². The lowest BCUT2D eigenvalue weighted by atomic mass is 10.1. The van der Waals surface area contributed by atoms with Gasteiger partial charge in [-0.2, -0.15) is 0 Å². The fourth-order valence-corrected chi connectivity index (χ4v) is 3.85. The van der Waals surface area contributed by atoms with E-state index in [-0.39, 0.29) is 30.3 Å². The van der Waals surface area contributed by atoms with E-state index in [9.17, 15) is 9.59 Å². The van der Waals surface area contributed by atoms with E-state index < -0.39 is 0 Å². The lowest BCUT2D eigenvalue weighted by molar-refractivity contribution is 0.0647. The van der Waals surface area contributed by atoms with Crippen LogP contribution in [0.3, 0.4) is 0 Å². The van der Waals surface area contributed by atoms with Crippen molar-refractivity contribution in [3.8, 4) is 5.75 Å². The second-order valence-corrected chi connectivity index (χ2v) is 7.33. The Morgan fingerprint density at radius 2 is 1.57 bits per heavy atom. The summed E-state index contributed by atoms with van der Waals surface area (Å²) in [5, 5.41) is 0. The molecule has 0 aliphatic carbocycles. The van der Waals surface area contributed by atoms with Crippen LogP contribution in [0.15, 0.2) is 48.5 Å². The summed E-state index contributed by atoms with van der Waals surface area (Å²) < 4.78 is 5.50. The predicted molar refractivity (Wildman–Crippen MR) is 122 cm³/mol. The zero-order chi connectivity index (χ0) is 20.6. The fourth-order valence-electron chi connectivity index (χ4n) is 3.73. The number of para-hydroxylation sites is 1. The lowest BCUT2D eigenvalue weighted by Crippen LogP contribution is -2.34. The van der Waals surface area contributed by atoms with Gasteiger partial charge < -0.3 is 9.64 Å². The van der Waals surface area contributed by atoms with Crippen molar-refractivity contribution in [1.82, 2.24) is 9.80 Å². The molecule has 0 radical (unpaired) electrons. The summed E-state index contributed by atoms with van der Waals surface area (Å²) in [5.41, 5.74) is 2.16. The van der Waals surface area contributed by atoms with E-state index >= 15 is 0 Å². The van der Waals surface area contributed by atoms with E-state index in [0.29, 0.717) is 17.7 Å². The molecular weight excluding hydrogens is 423 g/mol. The first-order valence-corrected chi connectivity index (χ1v) is 10.6. The molecule has 0 unspecified atom stereocenters. The molecule has 0 bridgehead atoms. The Hall–Kier alpha value is -2.08. The molecule has 0 spiro atoms. The summed E-state index contributed by atoms with van der Waals surface area (Å²) >= 11 is 5.72. The third-order valence-corrected chi connectivity index (χ3v) is 5.26. The number of carbonyl (C=O) groups excluding carboxylic acids is 2. The van der Waals surface area contributed by atoms with Crippen molar-refractivity contribution in [1.29, 1.82) is 0 Å². The highest BCUT2D eigenvalue weighted by Crippen LogP contribution is 2.23. The minimum atomic E-state index is -0.181. The van der Waals surface area contributed by atoms with E-state index in [1.54, 1.807) is 24.3 Å². The molecule has 0 fully saturated rings. The van der Waals surface area contributed by atoms with Crippen LogP contribution >= 0.6 is 24.0 Å². The monoisotopic (exact) mass is 450 g/mol. The first kappa shape index (κ1) is 24.2. The van der Waals surface area contributed by atoms with Crippen LogP contribution < -0.4 is 4.74 Å². The maximum atomic E-state index is 12.5. The summed E-state index contributed by atoms with van der Waals surface area (Å²) in [7, 11) is 0. The zero-order valence-electron chi connectivity index (χ0n) is 17.2. The van der Waals surface area contributed by atoms with Crippen molar-refractivity contribution in [2.45, 2.75) is 26.2 Å². The minimum Gasteiger partial charge on any atom is -0.478 e. The molecule has 0 saturated carbocycles. The first-order valence-electron chi connectivity index (χ1n) is 10.1. The molecule has 2 amide bonds. The van der Waals surface area contributed by atoms with Gasteiger partial charge in [0.05, 0.1) is 11.1 Å². The molecule has 3 rings (SSSR count). The highest BCUT2D eigenvalue weighted by Gasteiger charge is 2.34. The van der Waals surface area contributed by atoms with Crippen molar-refractivity contribution in [2.75, 3.05) is 32.2 Å². The fraction of sp³-hybridized carbons (Fsp3) is 0.391. The number of benzene rings is 2. The van der Waals surface area contributed by atoms with Gasteiger partial charge in [0, 0.05) is 13.1 Å². The van der Waals surface area contributed by atoms with Crippen LogP contribution in [0, 0.1) is 0 Å². The Morgan fingerprint density at radius 1 is 0.933 bits per heavy atom. The van der Waals surface area contributed by atoms with Gasteiger partial charge in [0.1, 0.15) is 5.75 Å². The number of hydrogen-bond acceptors (Lipinski definition) is 4. The molecule has 5 nitrogen and oxygen atoms in total. The summed E-state index contributed by atoms with van der Waals surface area (Å²) in [6, 6.07) is 15.1. The topological polar surface area (TPSA) is 49.9 Å². The maximum Gasteiger partial charge on any atom is 0.261 e. The van der Waals surface area contributed by atoms with Gasteiger partial charge in [-0.15, -0.1) is 12.4 Å². The van der Waals surface area contributed by atoms with Crippen LogP contribution in [-0.4, -0.2) is 53.9 Å². The molecule has 2 aromatic rings. The Morgan fingerprint density at radius 3 is 2.20 bits per heavy atom. The van der Waals surface area contributed by atoms with E-state index in [1.165, 1.54) is 4.90 Å². The highest BCUT2D eigenvalue weighted by atomic mass is 35.5. The average molecular weight is 451 g/mol. The third kappa shape index (κ3) is 5.75. The molecule has 0 saturated heterocycles. The summed E-state index contributed by atoms with van der Waals surface area (Å²) in [6.45, 7) is 5.29. The molecule has 0 atom stereocenters. The molecule has 162 valence electrons. The van der Waals surface area contributed by atoms with Gasteiger partial charge in [0.15, 0.2) is 6.07 Å². The van der Waals surface area contributed by atoms with Gasteiger partial charge in [0.2, 0.25) is 0 Å². The highest BCUT2D eigenvalue weighted by molar-refractivity contribution is 6.21. The second-order valence-electron chi connectivity index (χ2n) is 7.11.